The van der Waals surface area contributed by atoms with Crippen LogP contribution >= 0.6 is 0 Å². The number of carbonyl (C=O) groups is 1. The van der Waals surface area contributed by atoms with Crippen LogP contribution in [0.5, 0.6) is 0 Å². The summed E-state index contributed by atoms with van der Waals surface area (Å²) >= 11 is 0. The molecule has 55 heavy (non-hydrogen) atoms. The number of rotatable bonds is 7. The van der Waals surface area contributed by atoms with Crippen molar-refractivity contribution in [1.29, 1.82) is 0 Å². The summed E-state index contributed by atoms with van der Waals surface area (Å²) in [6, 6.07) is 0. The fourth-order valence-corrected chi connectivity index (χ4v) is 12.9. The maximum absolute atomic E-state index is 12.6. The number of esters is 1. The van der Waals surface area contributed by atoms with Gasteiger partial charge in [-0.1, -0.05) is 13.8 Å². The minimum Gasteiger partial charge on any atom is -0.458 e. The van der Waals surface area contributed by atoms with E-state index in [4.69, 9.17) is 33.2 Å². The summed E-state index contributed by atoms with van der Waals surface area (Å²) < 4.78 is 42.1. The summed E-state index contributed by atoms with van der Waals surface area (Å²) in [4.78, 5) is 12.0. The van der Waals surface area contributed by atoms with Crippen molar-refractivity contribution in [3.63, 3.8) is 0 Å². The van der Waals surface area contributed by atoms with Crippen LogP contribution in [0.4, 0.5) is 0 Å². The molecule has 0 aromatic heterocycles. The largest absolute Gasteiger partial charge is 0.458 e. The molecule has 312 valence electrons. The predicted octanol–water partition coefficient (Wildman–Crippen LogP) is 2.22. The highest BCUT2D eigenvalue weighted by Crippen LogP contribution is 2.70. The average Bonchev–Trinajstić information content (AvgIpc) is 3.62. The van der Waals surface area contributed by atoms with Gasteiger partial charge in [0.2, 0.25) is 0 Å². The van der Waals surface area contributed by atoms with Gasteiger partial charge in [0.1, 0.15) is 24.9 Å². The molecule has 14 heteroatoms. The first kappa shape index (κ1) is 40.5. The summed E-state index contributed by atoms with van der Waals surface area (Å²) in [7, 11) is 0. The van der Waals surface area contributed by atoms with Crippen LogP contribution in [0.25, 0.3) is 0 Å². The van der Waals surface area contributed by atoms with E-state index in [-0.39, 0.29) is 55.2 Å². The Morgan fingerprint density at radius 3 is 1.87 bits per heavy atom. The lowest BCUT2D eigenvalue weighted by atomic mass is 9.43. The van der Waals surface area contributed by atoms with Gasteiger partial charge in [-0.05, 0) is 94.5 Å². The van der Waals surface area contributed by atoms with Crippen LogP contribution < -0.4 is 0 Å². The minimum atomic E-state index is -1.01. The molecular formula is C41H64O14. The Bertz CT molecular complexity index is 1410. The van der Waals surface area contributed by atoms with Gasteiger partial charge in [-0.15, -0.1) is 0 Å². The smallest absolute Gasteiger partial charge is 0.331 e. The number of ether oxygens (including phenoxy) is 7. The molecule has 0 spiro atoms. The summed E-state index contributed by atoms with van der Waals surface area (Å²) in [5, 5.41) is 66.3. The lowest BCUT2D eigenvalue weighted by Crippen LogP contribution is -2.62. The van der Waals surface area contributed by atoms with Crippen LogP contribution in [0.3, 0.4) is 0 Å². The van der Waals surface area contributed by atoms with Crippen molar-refractivity contribution in [3.8, 4) is 0 Å². The second kappa shape index (κ2) is 15.1. The normalized spacial score (nSPS) is 55.5. The molecule has 0 aromatic rings. The van der Waals surface area contributed by atoms with Crippen molar-refractivity contribution in [2.75, 3.05) is 6.61 Å². The first-order chi connectivity index (χ1) is 26.0. The van der Waals surface area contributed by atoms with Crippen LogP contribution in [0, 0.1) is 34.5 Å². The zero-order chi connectivity index (χ0) is 39.2. The molecule has 14 nitrogen and oxygen atoms in total. The molecule has 6 N–H and O–H groups in total. The molecule has 4 aliphatic carbocycles. The Hall–Kier alpha value is -1.27. The van der Waals surface area contributed by atoms with Crippen molar-refractivity contribution in [3.05, 3.63) is 11.6 Å². The highest BCUT2D eigenvalue weighted by molar-refractivity contribution is 5.85. The third kappa shape index (κ3) is 7.05. The Balaban J connectivity index is 0.834. The second-order valence-corrected chi connectivity index (χ2v) is 18.9. The highest BCUT2D eigenvalue weighted by atomic mass is 16.7. The molecule has 0 amide bonds. The van der Waals surface area contributed by atoms with Gasteiger partial charge in [-0.3, -0.25) is 0 Å². The van der Waals surface area contributed by atoms with E-state index < -0.39 is 90.9 Å². The van der Waals surface area contributed by atoms with Gasteiger partial charge in [-0.25, -0.2) is 4.79 Å². The molecule has 7 fully saturated rings. The van der Waals surface area contributed by atoms with Crippen molar-refractivity contribution >= 4 is 5.97 Å². The zero-order valence-corrected chi connectivity index (χ0v) is 32.9. The maximum atomic E-state index is 12.6. The van der Waals surface area contributed by atoms with Crippen LogP contribution in [0.2, 0.25) is 0 Å². The second-order valence-electron chi connectivity index (χ2n) is 18.9. The summed E-state index contributed by atoms with van der Waals surface area (Å²) in [6.45, 7) is 9.98. The van der Waals surface area contributed by atoms with Gasteiger partial charge in [0, 0.05) is 43.1 Å². The Labute approximate surface area is 323 Å². The molecule has 0 aromatic carbocycles. The first-order valence-electron chi connectivity index (χ1n) is 20.9. The van der Waals surface area contributed by atoms with Gasteiger partial charge < -0.3 is 63.8 Å². The lowest BCUT2D eigenvalue weighted by molar-refractivity contribution is -0.336. The molecule has 0 unspecified atom stereocenters. The van der Waals surface area contributed by atoms with E-state index in [9.17, 15) is 35.4 Å². The fraction of sp³-hybridized carbons (Fsp3) is 0.927. The van der Waals surface area contributed by atoms with E-state index in [0.29, 0.717) is 18.3 Å². The van der Waals surface area contributed by atoms with E-state index in [1.807, 2.05) is 6.92 Å². The molecular weight excluding hydrogens is 716 g/mol. The van der Waals surface area contributed by atoms with Crippen LogP contribution in [-0.2, 0) is 38.0 Å². The molecule has 3 saturated heterocycles. The zero-order valence-electron chi connectivity index (χ0n) is 32.9. The molecule has 4 aliphatic heterocycles. The van der Waals surface area contributed by atoms with Crippen molar-refractivity contribution < 1.29 is 68.6 Å². The molecule has 8 rings (SSSR count). The van der Waals surface area contributed by atoms with Crippen LogP contribution in [0.15, 0.2) is 11.6 Å². The lowest BCUT2D eigenvalue weighted by Gasteiger charge is -2.63. The van der Waals surface area contributed by atoms with Gasteiger partial charge in [0.15, 0.2) is 18.9 Å². The van der Waals surface area contributed by atoms with E-state index in [1.54, 1.807) is 13.8 Å². The minimum absolute atomic E-state index is 0.0203. The highest BCUT2D eigenvalue weighted by Gasteiger charge is 2.70. The van der Waals surface area contributed by atoms with Crippen molar-refractivity contribution in [2.24, 2.45) is 34.5 Å². The molecule has 0 radical (unpaired) electrons. The molecule has 8 aliphatic rings. The monoisotopic (exact) mass is 780 g/mol. The number of cyclic esters (lactones) is 1. The standard InChI is InChI=1S/C41H64O14/c1-19-36(47)27(42)14-33(50-19)54-38-21(3)52-34(16-29(38)44)55-37-20(2)51-32(15-28(37)43)53-24-8-10-39(4)23(13-24)6-7-26-25(39)9-11-40(5)35(22-12-31(46)49-18-22)30(45)17-41(26,40)48/h12,19-21,23-30,32-38,42-45,47-48H,6-11,13-18H2,1-5H3/t19-,20+,21+,23+,24+,25-,26+,27-,28+,29+,30+,32-,33+,34-,35+,36+,37-,38-,39+,40+,41+/m0/s1. The van der Waals surface area contributed by atoms with Crippen molar-refractivity contribution in [1.82, 2.24) is 0 Å². The SMILES string of the molecule is C[C@@H]1O[C@H](O[C@@H]2[C@H](O)C[C@H](O[C@@H]3[C@H](O)C[C@H](O[C@@H]4CC[C@]5(C)[C@H](CC[C@@H]6[C@@H]5CC[C@]5(C)[C@H](C7=CC(=O)OC7)[C@H](O)C[C@@]65O)C4)O[C@@H]3C)O[C@@H]2C)C[C@H](O)[C@@H]1O. The number of aliphatic hydroxyl groups excluding tert-OH is 5. The quantitative estimate of drug-likeness (QED) is 0.162. The van der Waals surface area contributed by atoms with Gasteiger partial charge in [-0.2, -0.15) is 0 Å². The van der Waals surface area contributed by atoms with Gasteiger partial charge in [0.05, 0.1) is 54.4 Å². The van der Waals surface area contributed by atoms with E-state index in [1.165, 1.54) is 6.08 Å². The van der Waals surface area contributed by atoms with E-state index in [2.05, 4.69) is 13.8 Å². The Kier molecular flexibility index (Phi) is 11.1. The maximum Gasteiger partial charge on any atom is 0.331 e. The van der Waals surface area contributed by atoms with Gasteiger partial charge >= 0.3 is 5.97 Å². The van der Waals surface area contributed by atoms with Crippen LogP contribution in [0.1, 0.15) is 105 Å². The number of aliphatic hydroxyl groups is 6. The summed E-state index contributed by atoms with van der Waals surface area (Å²) in [5.74, 6) is 0.174. The van der Waals surface area contributed by atoms with Gasteiger partial charge in [0.25, 0.3) is 0 Å². The molecule has 0 bridgehead atoms. The molecule has 21 atom stereocenters. The average molecular weight is 781 g/mol. The van der Waals surface area contributed by atoms with Crippen molar-refractivity contribution in [2.45, 2.75) is 197 Å². The number of hydrogen-bond donors (Lipinski definition) is 6. The Morgan fingerprint density at radius 2 is 1.29 bits per heavy atom. The van der Waals surface area contributed by atoms with Crippen LogP contribution in [-0.4, -0.2) is 135 Å². The number of fused-ring (bicyclic) bond motifs is 5. The topological polar surface area (TPSA) is 203 Å². The fourth-order valence-electron chi connectivity index (χ4n) is 12.9. The molecule has 4 heterocycles. The van der Waals surface area contributed by atoms with E-state index in [0.717, 1.165) is 50.5 Å². The van der Waals surface area contributed by atoms with E-state index >= 15 is 0 Å². The Morgan fingerprint density at radius 1 is 0.691 bits per heavy atom. The number of hydrogen-bond acceptors (Lipinski definition) is 14. The predicted molar refractivity (Wildman–Crippen MR) is 193 cm³/mol. The number of carbonyl (C=O) groups excluding carboxylic acids is 1. The third-order valence-electron chi connectivity index (χ3n) is 15.8. The molecule has 4 saturated carbocycles. The summed E-state index contributed by atoms with van der Waals surface area (Å²) in [6.07, 6.45) is -1.26. The third-order valence-corrected chi connectivity index (χ3v) is 15.8. The summed E-state index contributed by atoms with van der Waals surface area (Å²) in [5.41, 5.74) is -0.686. The first-order valence-corrected chi connectivity index (χ1v) is 20.9.